The molecule has 16 heavy (non-hydrogen) atoms. The lowest BCUT2D eigenvalue weighted by Gasteiger charge is -2.30. The van der Waals surface area contributed by atoms with E-state index in [2.05, 4.69) is 46.0 Å². The van der Waals surface area contributed by atoms with Crippen LogP contribution in [0.15, 0.2) is 22.7 Å². The van der Waals surface area contributed by atoms with E-state index < -0.39 is 0 Å². The summed E-state index contributed by atoms with van der Waals surface area (Å²) < 4.78 is 1.19. The molecule has 1 unspecified atom stereocenters. The fraction of sp³-hybridized carbons (Fsp3) is 0.538. The molecule has 1 aromatic carbocycles. The number of hydrogen-bond donors (Lipinski definition) is 1. The first-order valence-electron chi connectivity index (χ1n) is 5.88. The minimum Gasteiger partial charge on any atom is -0.327 e. The zero-order valence-electron chi connectivity index (χ0n) is 9.75. The maximum absolute atomic E-state index is 5.98. The van der Waals surface area contributed by atoms with Gasteiger partial charge in [0.1, 0.15) is 0 Å². The van der Waals surface area contributed by atoms with Crippen molar-refractivity contribution in [2.24, 2.45) is 5.73 Å². The standard InChI is InChI=1S/C13H19BrN2/c1-10-7-11(4-5-13(10)14)8-16-6-2-3-12(15)9-16/h4-5,7,12H,2-3,6,8-9,15H2,1H3. The molecular weight excluding hydrogens is 264 g/mol. The third-order valence-corrected chi connectivity index (χ3v) is 4.06. The summed E-state index contributed by atoms with van der Waals surface area (Å²) in [5.41, 5.74) is 8.67. The van der Waals surface area contributed by atoms with E-state index in [-0.39, 0.29) is 0 Å². The molecular formula is C13H19BrN2. The van der Waals surface area contributed by atoms with Crippen molar-refractivity contribution in [3.05, 3.63) is 33.8 Å². The Kier molecular flexibility index (Phi) is 4.00. The van der Waals surface area contributed by atoms with Crippen LogP contribution in [0.2, 0.25) is 0 Å². The molecule has 2 N–H and O–H groups in total. The molecule has 1 aliphatic rings. The van der Waals surface area contributed by atoms with E-state index in [0.29, 0.717) is 6.04 Å². The molecule has 1 fully saturated rings. The Balaban J connectivity index is 2.00. The van der Waals surface area contributed by atoms with E-state index in [1.54, 1.807) is 0 Å². The summed E-state index contributed by atoms with van der Waals surface area (Å²) in [5.74, 6) is 0. The summed E-state index contributed by atoms with van der Waals surface area (Å²) in [6.45, 7) is 5.38. The van der Waals surface area contributed by atoms with E-state index in [0.717, 1.165) is 13.1 Å². The van der Waals surface area contributed by atoms with Gasteiger partial charge in [-0.2, -0.15) is 0 Å². The summed E-state index contributed by atoms with van der Waals surface area (Å²) in [4.78, 5) is 2.46. The second kappa shape index (κ2) is 5.30. The highest BCUT2D eigenvalue weighted by Crippen LogP contribution is 2.19. The average Bonchev–Trinajstić information content (AvgIpc) is 2.24. The fourth-order valence-corrected chi connectivity index (χ4v) is 2.54. The zero-order valence-corrected chi connectivity index (χ0v) is 11.3. The molecule has 0 spiro atoms. The largest absolute Gasteiger partial charge is 0.327 e. The van der Waals surface area contributed by atoms with Crippen molar-refractivity contribution in [3.8, 4) is 0 Å². The molecule has 0 radical (unpaired) electrons. The first-order chi connectivity index (χ1) is 7.65. The van der Waals surface area contributed by atoms with Crippen LogP contribution < -0.4 is 5.73 Å². The predicted octanol–water partition coefficient (Wildman–Crippen LogP) is 2.68. The molecule has 1 heterocycles. The second-order valence-corrected chi connectivity index (χ2v) is 5.58. The van der Waals surface area contributed by atoms with Gasteiger partial charge >= 0.3 is 0 Å². The molecule has 1 aliphatic heterocycles. The molecule has 1 saturated heterocycles. The molecule has 88 valence electrons. The number of aryl methyl sites for hydroxylation is 1. The smallest absolute Gasteiger partial charge is 0.0234 e. The number of halogens is 1. The Morgan fingerprint density at radius 3 is 3.00 bits per heavy atom. The van der Waals surface area contributed by atoms with Crippen molar-refractivity contribution in [2.75, 3.05) is 13.1 Å². The highest BCUT2D eigenvalue weighted by atomic mass is 79.9. The first-order valence-corrected chi connectivity index (χ1v) is 6.67. The van der Waals surface area contributed by atoms with Gasteiger partial charge in [0.25, 0.3) is 0 Å². The maximum atomic E-state index is 5.98. The molecule has 0 saturated carbocycles. The third-order valence-electron chi connectivity index (χ3n) is 3.17. The van der Waals surface area contributed by atoms with Gasteiger partial charge in [-0.3, -0.25) is 4.90 Å². The van der Waals surface area contributed by atoms with Crippen LogP contribution in [0.5, 0.6) is 0 Å². The Bertz CT molecular complexity index is 365. The van der Waals surface area contributed by atoms with E-state index in [4.69, 9.17) is 5.73 Å². The van der Waals surface area contributed by atoms with Gasteiger partial charge in [-0.25, -0.2) is 0 Å². The Hall–Kier alpha value is -0.380. The summed E-state index contributed by atoms with van der Waals surface area (Å²) in [6, 6.07) is 6.95. The van der Waals surface area contributed by atoms with E-state index in [1.165, 1.54) is 35.0 Å². The number of likely N-dealkylation sites (tertiary alicyclic amines) is 1. The van der Waals surface area contributed by atoms with Gasteiger partial charge in [-0.05, 0) is 43.5 Å². The average molecular weight is 283 g/mol. The molecule has 3 heteroatoms. The van der Waals surface area contributed by atoms with Gasteiger partial charge < -0.3 is 5.73 Å². The van der Waals surface area contributed by atoms with Crippen molar-refractivity contribution < 1.29 is 0 Å². The van der Waals surface area contributed by atoms with Gasteiger partial charge in [0, 0.05) is 23.6 Å². The number of benzene rings is 1. The fourth-order valence-electron chi connectivity index (χ4n) is 2.30. The highest BCUT2D eigenvalue weighted by Gasteiger charge is 2.16. The second-order valence-electron chi connectivity index (χ2n) is 4.72. The summed E-state index contributed by atoms with van der Waals surface area (Å²) >= 11 is 3.53. The van der Waals surface area contributed by atoms with Crippen molar-refractivity contribution in [1.82, 2.24) is 4.90 Å². The van der Waals surface area contributed by atoms with Crippen LogP contribution in [-0.4, -0.2) is 24.0 Å². The van der Waals surface area contributed by atoms with E-state index in [1.807, 2.05) is 0 Å². The maximum Gasteiger partial charge on any atom is 0.0234 e. The summed E-state index contributed by atoms with van der Waals surface area (Å²) in [5, 5.41) is 0. The van der Waals surface area contributed by atoms with E-state index in [9.17, 15) is 0 Å². The SMILES string of the molecule is Cc1cc(CN2CCCC(N)C2)ccc1Br. The van der Waals surface area contributed by atoms with Crippen LogP contribution in [0.3, 0.4) is 0 Å². The quantitative estimate of drug-likeness (QED) is 0.904. The van der Waals surface area contributed by atoms with Crippen LogP contribution in [0.4, 0.5) is 0 Å². The van der Waals surface area contributed by atoms with Crippen molar-refractivity contribution in [1.29, 1.82) is 0 Å². The first kappa shape index (κ1) is 12.1. The molecule has 0 bridgehead atoms. The molecule has 1 atom stereocenters. The lowest BCUT2D eigenvalue weighted by molar-refractivity contribution is 0.201. The van der Waals surface area contributed by atoms with Gasteiger partial charge in [0.2, 0.25) is 0 Å². The Morgan fingerprint density at radius 2 is 2.31 bits per heavy atom. The highest BCUT2D eigenvalue weighted by molar-refractivity contribution is 9.10. The zero-order chi connectivity index (χ0) is 11.5. The van der Waals surface area contributed by atoms with Crippen LogP contribution in [0.25, 0.3) is 0 Å². The van der Waals surface area contributed by atoms with Gasteiger partial charge in [-0.1, -0.05) is 28.1 Å². The van der Waals surface area contributed by atoms with Crippen molar-refractivity contribution in [2.45, 2.75) is 32.4 Å². The minimum absolute atomic E-state index is 0.366. The molecule has 0 amide bonds. The molecule has 1 aromatic rings. The lowest BCUT2D eigenvalue weighted by Crippen LogP contribution is -2.42. The normalized spacial score (nSPS) is 22.3. The number of rotatable bonds is 2. The van der Waals surface area contributed by atoms with Crippen LogP contribution in [-0.2, 0) is 6.54 Å². The minimum atomic E-state index is 0.366. The van der Waals surface area contributed by atoms with Gasteiger partial charge in [-0.15, -0.1) is 0 Å². The topological polar surface area (TPSA) is 29.3 Å². The van der Waals surface area contributed by atoms with Crippen molar-refractivity contribution in [3.63, 3.8) is 0 Å². The Morgan fingerprint density at radius 1 is 1.50 bits per heavy atom. The number of hydrogen-bond acceptors (Lipinski definition) is 2. The van der Waals surface area contributed by atoms with Gasteiger partial charge in [0.15, 0.2) is 0 Å². The van der Waals surface area contributed by atoms with Crippen LogP contribution >= 0.6 is 15.9 Å². The number of piperidine rings is 1. The predicted molar refractivity (Wildman–Crippen MR) is 71.4 cm³/mol. The van der Waals surface area contributed by atoms with E-state index >= 15 is 0 Å². The number of nitrogens with two attached hydrogens (primary N) is 1. The Labute approximate surface area is 106 Å². The van der Waals surface area contributed by atoms with Crippen LogP contribution in [0, 0.1) is 6.92 Å². The molecule has 0 aliphatic carbocycles. The molecule has 2 nitrogen and oxygen atoms in total. The van der Waals surface area contributed by atoms with Gasteiger partial charge in [0.05, 0.1) is 0 Å². The third kappa shape index (κ3) is 3.06. The number of nitrogens with zero attached hydrogens (tertiary/aromatic N) is 1. The lowest BCUT2D eigenvalue weighted by atomic mass is 10.1. The summed E-state index contributed by atoms with van der Waals surface area (Å²) in [6.07, 6.45) is 2.41. The van der Waals surface area contributed by atoms with Crippen molar-refractivity contribution >= 4 is 15.9 Å². The molecule has 0 aromatic heterocycles. The monoisotopic (exact) mass is 282 g/mol. The summed E-state index contributed by atoms with van der Waals surface area (Å²) in [7, 11) is 0. The van der Waals surface area contributed by atoms with Crippen LogP contribution in [0.1, 0.15) is 24.0 Å². The molecule has 2 rings (SSSR count).